The topological polar surface area (TPSA) is 52.0 Å². The molecule has 2 atom stereocenters. The smallest absolute Gasteiger partial charge is 0.150 e. The molecular weight excluding hydrogens is 240 g/mol. The SMILES string of the molecule is CCNC(Cn1nc(CC)nc1CC)C1CCOC1. The summed E-state index contributed by atoms with van der Waals surface area (Å²) >= 11 is 0. The Kier molecular flexibility index (Phi) is 5.34. The maximum Gasteiger partial charge on any atom is 0.150 e. The van der Waals surface area contributed by atoms with Crippen LogP contribution in [-0.4, -0.2) is 40.6 Å². The van der Waals surface area contributed by atoms with Crippen LogP contribution in [0.1, 0.15) is 38.8 Å². The molecule has 0 aliphatic carbocycles. The number of nitrogens with zero attached hydrogens (tertiary/aromatic N) is 3. The van der Waals surface area contributed by atoms with Gasteiger partial charge >= 0.3 is 0 Å². The maximum atomic E-state index is 5.52. The summed E-state index contributed by atoms with van der Waals surface area (Å²) in [5, 5.41) is 8.20. The molecule has 0 aromatic carbocycles. The van der Waals surface area contributed by atoms with Gasteiger partial charge in [0.15, 0.2) is 5.82 Å². The summed E-state index contributed by atoms with van der Waals surface area (Å²) in [6.07, 6.45) is 2.99. The fraction of sp³-hybridized carbons (Fsp3) is 0.857. The van der Waals surface area contributed by atoms with Gasteiger partial charge in [-0.1, -0.05) is 20.8 Å². The molecule has 0 amide bonds. The number of aromatic nitrogens is 3. The van der Waals surface area contributed by atoms with E-state index in [-0.39, 0.29) is 0 Å². The van der Waals surface area contributed by atoms with Crippen LogP contribution in [0, 0.1) is 5.92 Å². The Morgan fingerprint density at radius 2 is 2.21 bits per heavy atom. The van der Waals surface area contributed by atoms with Crippen molar-refractivity contribution < 1.29 is 4.74 Å². The molecule has 1 aromatic heterocycles. The van der Waals surface area contributed by atoms with Crippen molar-refractivity contribution >= 4 is 0 Å². The van der Waals surface area contributed by atoms with Gasteiger partial charge in [-0.3, -0.25) is 0 Å². The van der Waals surface area contributed by atoms with Gasteiger partial charge in [-0.15, -0.1) is 0 Å². The van der Waals surface area contributed by atoms with Crippen LogP contribution in [-0.2, 0) is 24.1 Å². The van der Waals surface area contributed by atoms with Crippen molar-refractivity contribution in [2.24, 2.45) is 5.92 Å². The van der Waals surface area contributed by atoms with Crippen molar-refractivity contribution in [3.05, 3.63) is 11.6 Å². The standard InChI is InChI=1S/C14H26N4O/c1-4-13-16-14(5-2)18(17-13)9-12(15-6-3)11-7-8-19-10-11/h11-12,15H,4-10H2,1-3H3. The van der Waals surface area contributed by atoms with Crippen molar-refractivity contribution in [3.63, 3.8) is 0 Å². The Bertz CT molecular complexity index is 385. The largest absolute Gasteiger partial charge is 0.381 e. The maximum absolute atomic E-state index is 5.52. The minimum Gasteiger partial charge on any atom is -0.381 e. The van der Waals surface area contributed by atoms with E-state index in [0.717, 1.165) is 57.2 Å². The highest BCUT2D eigenvalue weighted by atomic mass is 16.5. The summed E-state index contributed by atoms with van der Waals surface area (Å²) in [6.45, 7) is 10.0. The minimum atomic E-state index is 0.434. The zero-order chi connectivity index (χ0) is 13.7. The van der Waals surface area contributed by atoms with Crippen molar-refractivity contribution in [2.75, 3.05) is 19.8 Å². The first-order valence-corrected chi connectivity index (χ1v) is 7.52. The van der Waals surface area contributed by atoms with Gasteiger partial charge in [-0.05, 0) is 13.0 Å². The summed E-state index contributed by atoms with van der Waals surface area (Å²) < 4.78 is 7.61. The second-order valence-electron chi connectivity index (χ2n) is 5.12. The monoisotopic (exact) mass is 266 g/mol. The number of rotatable bonds is 7. The van der Waals surface area contributed by atoms with Crippen LogP contribution in [0.15, 0.2) is 0 Å². The Balaban J connectivity index is 2.08. The summed E-state index contributed by atoms with van der Waals surface area (Å²) in [5.41, 5.74) is 0. The molecule has 1 aliphatic heterocycles. The van der Waals surface area contributed by atoms with Gasteiger partial charge < -0.3 is 10.1 Å². The Hall–Kier alpha value is -0.940. The van der Waals surface area contributed by atoms with Crippen molar-refractivity contribution in [1.82, 2.24) is 20.1 Å². The number of nitrogens with one attached hydrogen (secondary N) is 1. The summed E-state index contributed by atoms with van der Waals surface area (Å²) in [6, 6.07) is 0.434. The van der Waals surface area contributed by atoms with Crippen LogP contribution < -0.4 is 5.32 Å². The van der Waals surface area contributed by atoms with Gasteiger partial charge in [0.2, 0.25) is 0 Å². The normalized spacial score (nSPS) is 20.9. The second-order valence-corrected chi connectivity index (χ2v) is 5.12. The lowest BCUT2D eigenvalue weighted by Crippen LogP contribution is -2.40. The molecule has 2 heterocycles. The van der Waals surface area contributed by atoms with Crippen LogP contribution >= 0.6 is 0 Å². The average molecular weight is 266 g/mol. The van der Waals surface area contributed by atoms with Gasteiger partial charge in [-0.25, -0.2) is 9.67 Å². The summed E-state index contributed by atoms with van der Waals surface area (Å²) in [4.78, 5) is 4.58. The van der Waals surface area contributed by atoms with E-state index in [1.807, 2.05) is 0 Å². The van der Waals surface area contributed by atoms with E-state index in [1.165, 1.54) is 0 Å². The predicted octanol–water partition coefficient (Wildman–Crippen LogP) is 1.42. The molecule has 1 fully saturated rings. The molecule has 108 valence electrons. The van der Waals surface area contributed by atoms with E-state index in [0.29, 0.717) is 12.0 Å². The van der Waals surface area contributed by atoms with Crippen molar-refractivity contribution in [1.29, 1.82) is 0 Å². The zero-order valence-electron chi connectivity index (χ0n) is 12.4. The Morgan fingerprint density at radius 3 is 2.79 bits per heavy atom. The first-order valence-electron chi connectivity index (χ1n) is 7.52. The zero-order valence-corrected chi connectivity index (χ0v) is 12.4. The Labute approximate surface area is 115 Å². The highest BCUT2D eigenvalue weighted by molar-refractivity contribution is 4.94. The first kappa shape index (κ1) is 14.5. The fourth-order valence-electron chi connectivity index (χ4n) is 2.68. The van der Waals surface area contributed by atoms with Gasteiger partial charge in [0.25, 0.3) is 0 Å². The van der Waals surface area contributed by atoms with Crippen LogP contribution in [0.25, 0.3) is 0 Å². The van der Waals surface area contributed by atoms with E-state index in [2.05, 4.69) is 40.9 Å². The van der Waals surface area contributed by atoms with E-state index in [1.54, 1.807) is 0 Å². The third-order valence-electron chi connectivity index (χ3n) is 3.79. The van der Waals surface area contributed by atoms with E-state index in [4.69, 9.17) is 4.74 Å². The van der Waals surface area contributed by atoms with E-state index < -0.39 is 0 Å². The molecule has 0 saturated carbocycles. The highest BCUT2D eigenvalue weighted by Crippen LogP contribution is 2.18. The molecular formula is C14H26N4O. The van der Waals surface area contributed by atoms with Gasteiger partial charge in [0, 0.05) is 31.4 Å². The Morgan fingerprint density at radius 1 is 1.37 bits per heavy atom. The number of hydrogen-bond acceptors (Lipinski definition) is 4. The third kappa shape index (κ3) is 3.54. The van der Waals surface area contributed by atoms with E-state index in [9.17, 15) is 0 Å². The molecule has 19 heavy (non-hydrogen) atoms. The molecule has 0 spiro atoms. The number of likely N-dealkylation sites (N-methyl/N-ethyl adjacent to an activating group) is 1. The molecule has 0 bridgehead atoms. The van der Waals surface area contributed by atoms with Crippen molar-refractivity contribution in [3.8, 4) is 0 Å². The van der Waals surface area contributed by atoms with Crippen LogP contribution in [0.3, 0.4) is 0 Å². The predicted molar refractivity (Wildman–Crippen MR) is 75.2 cm³/mol. The van der Waals surface area contributed by atoms with Gasteiger partial charge in [-0.2, -0.15) is 5.10 Å². The lowest BCUT2D eigenvalue weighted by atomic mass is 9.99. The van der Waals surface area contributed by atoms with Crippen LogP contribution in [0.5, 0.6) is 0 Å². The lowest BCUT2D eigenvalue weighted by molar-refractivity contribution is 0.173. The summed E-state index contributed by atoms with van der Waals surface area (Å²) in [7, 11) is 0. The highest BCUT2D eigenvalue weighted by Gasteiger charge is 2.26. The number of ether oxygens (including phenoxy) is 1. The molecule has 2 unspecified atom stereocenters. The minimum absolute atomic E-state index is 0.434. The first-order chi connectivity index (χ1) is 9.28. The quantitative estimate of drug-likeness (QED) is 0.811. The number of hydrogen-bond donors (Lipinski definition) is 1. The fourth-order valence-corrected chi connectivity index (χ4v) is 2.68. The van der Waals surface area contributed by atoms with Crippen LogP contribution in [0.4, 0.5) is 0 Å². The van der Waals surface area contributed by atoms with Crippen molar-refractivity contribution in [2.45, 2.75) is 52.6 Å². The lowest BCUT2D eigenvalue weighted by Gasteiger charge is -2.23. The third-order valence-corrected chi connectivity index (χ3v) is 3.79. The molecule has 1 N–H and O–H groups in total. The van der Waals surface area contributed by atoms with Gasteiger partial charge in [0.1, 0.15) is 5.82 Å². The van der Waals surface area contributed by atoms with Crippen LogP contribution in [0.2, 0.25) is 0 Å². The summed E-state index contributed by atoms with van der Waals surface area (Å²) in [5.74, 6) is 2.65. The molecule has 5 nitrogen and oxygen atoms in total. The molecule has 1 saturated heterocycles. The molecule has 5 heteroatoms. The van der Waals surface area contributed by atoms with E-state index >= 15 is 0 Å². The average Bonchev–Trinajstić information content (AvgIpc) is 3.07. The molecule has 2 rings (SSSR count). The molecule has 1 aromatic rings. The van der Waals surface area contributed by atoms with Gasteiger partial charge in [0.05, 0.1) is 13.2 Å². The molecule has 0 radical (unpaired) electrons. The number of aryl methyl sites for hydroxylation is 2. The second kappa shape index (κ2) is 7.01. The molecule has 1 aliphatic rings.